The van der Waals surface area contributed by atoms with Gasteiger partial charge in [0.2, 0.25) is 0 Å². The fourth-order valence-corrected chi connectivity index (χ4v) is 7.30. The standard InChI is InChI=1S/C28H26N6O2/c35-25(23-14-29-19-5-1-3-7-21(19)31-23)33-27-10-17-9-18(11-27)13-28(12-17,16-27)34-26(36)24-15-30-20-6-2-4-8-22(20)32-24/h1-8,14-15,17-18H,9-13,16H2,(H,33,35)(H,34,36). The van der Waals surface area contributed by atoms with Crippen LogP contribution >= 0.6 is 0 Å². The fourth-order valence-electron chi connectivity index (χ4n) is 7.30. The summed E-state index contributed by atoms with van der Waals surface area (Å²) in [4.78, 5) is 44.6. The van der Waals surface area contributed by atoms with Gasteiger partial charge in [-0.3, -0.25) is 19.6 Å². The van der Waals surface area contributed by atoms with Crippen molar-refractivity contribution in [1.82, 2.24) is 30.6 Å². The fraction of sp³-hybridized carbons (Fsp3) is 0.357. The number of nitrogens with zero attached hydrogens (tertiary/aromatic N) is 4. The second kappa shape index (κ2) is 7.78. The van der Waals surface area contributed by atoms with Gasteiger partial charge in [0, 0.05) is 11.1 Å². The lowest BCUT2D eigenvalue weighted by Crippen LogP contribution is -2.70. The average Bonchev–Trinajstić information content (AvgIpc) is 2.86. The minimum Gasteiger partial charge on any atom is -0.345 e. The molecule has 8 heteroatoms. The number of amides is 2. The van der Waals surface area contributed by atoms with Crippen molar-refractivity contribution >= 4 is 33.9 Å². The lowest BCUT2D eigenvalue weighted by Gasteiger charge is -2.62. The molecule has 0 radical (unpaired) electrons. The van der Waals surface area contributed by atoms with Crippen LogP contribution in [0, 0.1) is 11.8 Å². The number of hydrogen-bond acceptors (Lipinski definition) is 6. The number of hydrogen-bond donors (Lipinski definition) is 2. The van der Waals surface area contributed by atoms with E-state index < -0.39 is 0 Å². The molecule has 2 aromatic heterocycles. The van der Waals surface area contributed by atoms with Crippen LogP contribution in [0.25, 0.3) is 22.1 Å². The zero-order valence-corrected chi connectivity index (χ0v) is 19.8. The first-order chi connectivity index (χ1) is 17.5. The molecular weight excluding hydrogens is 452 g/mol. The summed E-state index contributed by atoms with van der Waals surface area (Å²) >= 11 is 0. The third-order valence-electron chi connectivity index (χ3n) is 8.18. The highest BCUT2D eigenvalue weighted by Gasteiger charge is 2.59. The average molecular weight is 479 g/mol. The highest BCUT2D eigenvalue weighted by molar-refractivity contribution is 5.95. The summed E-state index contributed by atoms with van der Waals surface area (Å²) in [5.41, 5.74) is 2.90. The summed E-state index contributed by atoms with van der Waals surface area (Å²) in [6, 6.07) is 15.1. The Morgan fingerprint density at radius 1 is 0.667 bits per heavy atom. The molecule has 8 rings (SSSR count). The van der Waals surface area contributed by atoms with Crippen LogP contribution in [-0.4, -0.2) is 42.8 Å². The van der Waals surface area contributed by atoms with Crippen molar-refractivity contribution in [3.05, 3.63) is 72.3 Å². The van der Waals surface area contributed by atoms with Crippen LogP contribution in [0.5, 0.6) is 0 Å². The van der Waals surface area contributed by atoms with Crippen LogP contribution in [0.4, 0.5) is 0 Å². The van der Waals surface area contributed by atoms with Gasteiger partial charge in [0.15, 0.2) is 0 Å². The molecule has 8 nitrogen and oxygen atoms in total. The summed E-state index contributed by atoms with van der Waals surface area (Å²) in [5.74, 6) is 0.545. The van der Waals surface area contributed by atoms with E-state index in [2.05, 4.69) is 30.6 Å². The van der Waals surface area contributed by atoms with Crippen LogP contribution in [0.1, 0.15) is 59.5 Å². The van der Waals surface area contributed by atoms with Gasteiger partial charge in [-0.2, -0.15) is 0 Å². The molecule has 4 fully saturated rings. The van der Waals surface area contributed by atoms with E-state index in [0.717, 1.165) is 43.1 Å². The highest BCUT2D eigenvalue weighted by Crippen LogP contribution is 2.57. The molecule has 36 heavy (non-hydrogen) atoms. The maximum absolute atomic E-state index is 13.3. The van der Waals surface area contributed by atoms with Crippen LogP contribution in [0.15, 0.2) is 60.9 Å². The van der Waals surface area contributed by atoms with Crippen LogP contribution in [0.2, 0.25) is 0 Å². The van der Waals surface area contributed by atoms with E-state index in [4.69, 9.17) is 0 Å². The molecule has 2 aromatic carbocycles. The molecule has 0 spiro atoms. The smallest absolute Gasteiger partial charge is 0.271 e. The number of benzene rings is 2. The summed E-state index contributed by atoms with van der Waals surface area (Å²) in [5, 5.41) is 6.69. The van der Waals surface area contributed by atoms with E-state index in [1.54, 1.807) is 12.4 Å². The number of carbonyl (C=O) groups excluding carboxylic acids is 2. The van der Waals surface area contributed by atoms with Crippen LogP contribution < -0.4 is 10.6 Å². The van der Waals surface area contributed by atoms with Gasteiger partial charge < -0.3 is 10.6 Å². The Balaban J connectivity index is 1.14. The molecule has 2 N–H and O–H groups in total. The Labute approximate surface area is 208 Å². The summed E-state index contributed by atoms with van der Waals surface area (Å²) in [7, 11) is 0. The van der Waals surface area contributed by atoms with Gasteiger partial charge in [-0.25, -0.2) is 9.97 Å². The highest BCUT2D eigenvalue weighted by atomic mass is 16.2. The van der Waals surface area contributed by atoms with E-state index in [-0.39, 0.29) is 22.9 Å². The molecule has 4 aliphatic rings. The molecule has 0 saturated heterocycles. The lowest BCUT2D eigenvalue weighted by atomic mass is 9.49. The monoisotopic (exact) mass is 478 g/mol. The molecule has 4 bridgehead atoms. The zero-order valence-electron chi connectivity index (χ0n) is 19.8. The first kappa shape index (κ1) is 21.4. The molecule has 0 atom stereocenters. The van der Waals surface area contributed by atoms with E-state index in [0.29, 0.717) is 40.7 Å². The number of para-hydroxylation sites is 4. The Kier molecular flexibility index (Phi) is 4.61. The number of carbonyl (C=O) groups is 2. The van der Waals surface area contributed by atoms with E-state index >= 15 is 0 Å². The molecule has 180 valence electrons. The minimum absolute atomic E-state index is 0.197. The third kappa shape index (κ3) is 3.59. The topological polar surface area (TPSA) is 110 Å². The lowest BCUT2D eigenvalue weighted by molar-refractivity contribution is -0.0449. The number of nitrogens with one attached hydrogen (secondary N) is 2. The maximum Gasteiger partial charge on any atom is 0.271 e. The Hall–Kier alpha value is -3.94. The Bertz CT molecular complexity index is 1410. The summed E-state index contributed by atoms with van der Waals surface area (Å²) in [6.45, 7) is 0. The normalized spacial score (nSPS) is 28.3. The van der Waals surface area contributed by atoms with Crippen molar-refractivity contribution in [3.63, 3.8) is 0 Å². The van der Waals surface area contributed by atoms with Gasteiger partial charge >= 0.3 is 0 Å². The van der Waals surface area contributed by atoms with Crippen LogP contribution in [0.3, 0.4) is 0 Å². The first-order valence-corrected chi connectivity index (χ1v) is 12.6. The van der Waals surface area contributed by atoms with Crippen molar-refractivity contribution in [2.24, 2.45) is 11.8 Å². The first-order valence-electron chi connectivity index (χ1n) is 12.6. The molecule has 2 amide bonds. The summed E-state index contributed by atoms with van der Waals surface area (Å²) in [6.07, 6.45) is 8.70. The van der Waals surface area contributed by atoms with Gasteiger partial charge in [-0.05, 0) is 74.6 Å². The van der Waals surface area contributed by atoms with Gasteiger partial charge in [-0.15, -0.1) is 0 Å². The largest absolute Gasteiger partial charge is 0.345 e. The van der Waals surface area contributed by atoms with Gasteiger partial charge in [-0.1, -0.05) is 24.3 Å². The molecule has 4 saturated carbocycles. The molecule has 0 aliphatic heterocycles. The predicted octanol–water partition coefficient (Wildman–Crippen LogP) is 3.82. The quantitative estimate of drug-likeness (QED) is 0.461. The molecule has 4 aromatic rings. The zero-order chi connectivity index (χ0) is 24.3. The Morgan fingerprint density at radius 3 is 1.53 bits per heavy atom. The van der Waals surface area contributed by atoms with Gasteiger partial charge in [0.05, 0.1) is 34.5 Å². The van der Waals surface area contributed by atoms with Crippen molar-refractivity contribution in [2.45, 2.75) is 49.6 Å². The van der Waals surface area contributed by atoms with Crippen molar-refractivity contribution < 1.29 is 9.59 Å². The SMILES string of the molecule is O=C(NC12CC3CC(C1)CC(NC(=O)c1cnc4ccccc4n1)(C3)C2)c1cnc2ccccc2n1. The van der Waals surface area contributed by atoms with E-state index in [1.165, 1.54) is 0 Å². The van der Waals surface area contributed by atoms with Crippen molar-refractivity contribution in [1.29, 1.82) is 0 Å². The third-order valence-corrected chi connectivity index (χ3v) is 8.18. The molecule has 4 aliphatic carbocycles. The van der Waals surface area contributed by atoms with Gasteiger partial charge in [0.1, 0.15) is 11.4 Å². The number of rotatable bonds is 4. The molecule has 2 heterocycles. The Morgan fingerprint density at radius 2 is 1.08 bits per heavy atom. The predicted molar refractivity (Wildman–Crippen MR) is 134 cm³/mol. The summed E-state index contributed by atoms with van der Waals surface area (Å²) < 4.78 is 0. The maximum atomic E-state index is 13.3. The molecular formula is C28H26N6O2. The number of fused-ring (bicyclic) bond motifs is 2. The molecule has 0 unspecified atom stereocenters. The van der Waals surface area contributed by atoms with E-state index in [9.17, 15) is 9.59 Å². The van der Waals surface area contributed by atoms with E-state index in [1.807, 2.05) is 48.5 Å². The second-order valence-corrected chi connectivity index (χ2v) is 10.9. The van der Waals surface area contributed by atoms with Crippen LogP contribution in [-0.2, 0) is 0 Å². The van der Waals surface area contributed by atoms with Crippen molar-refractivity contribution in [3.8, 4) is 0 Å². The number of aromatic nitrogens is 4. The van der Waals surface area contributed by atoms with Crippen molar-refractivity contribution in [2.75, 3.05) is 0 Å². The van der Waals surface area contributed by atoms with Gasteiger partial charge in [0.25, 0.3) is 11.8 Å². The second-order valence-electron chi connectivity index (χ2n) is 10.9. The minimum atomic E-state index is -0.350.